The van der Waals surface area contributed by atoms with E-state index >= 15 is 0 Å². The summed E-state index contributed by atoms with van der Waals surface area (Å²) >= 11 is 0. The second-order valence-corrected chi connectivity index (χ2v) is 16.8. The largest absolute Gasteiger partial charge is 0.459 e. The first-order valence-corrected chi connectivity index (χ1v) is 17.5. The number of carbonyl (C=O) groups excluding carboxylic acids is 4. The van der Waals surface area contributed by atoms with Crippen molar-refractivity contribution in [2.45, 2.75) is 156 Å². The summed E-state index contributed by atoms with van der Waals surface area (Å²) in [7, 11) is 0. The van der Waals surface area contributed by atoms with Crippen LogP contribution in [0.5, 0.6) is 0 Å². The Kier molecular flexibility index (Phi) is 14.7. The maximum absolute atomic E-state index is 13.3. The molecule has 8 rings (SSSR count). The van der Waals surface area contributed by atoms with Gasteiger partial charge in [-0.25, -0.2) is 0 Å². The van der Waals surface area contributed by atoms with Gasteiger partial charge in [-0.05, 0) is 143 Å². The lowest BCUT2D eigenvalue weighted by Crippen LogP contribution is -2.43. The molecule has 0 aromatic rings. The Morgan fingerprint density at radius 3 is 2.14 bits per heavy atom. The SMILES string of the molecule is C.C.C.C.C.C.C.CC(=O)C1CC2CC1C1C3CC(C(C)C3CC3C(=O)OC(=O)C3CCC(C)C(=O)OC3(C)CC4CC3C3CCCC43)C21. The number of Topliss-reactive ketones (excluding diaryl/α,β-unsaturated/α-hetero) is 1. The first kappa shape index (κ1) is 45.3. The molecule has 1 aliphatic heterocycles. The van der Waals surface area contributed by atoms with E-state index in [0.717, 1.165) is 30.6 Å². The fourth-order valence-corrected chi connectivity index (χ4v) is 13.7. The monoisotopic (exact) mass is 691 g/mol. The van der Waals surface area contributed by atoms with Gasteiger partial charge in [-0.1, -0.05) is 72.3 Å². The van der Waals surface area contributed by atoms with Crippen LogP contribution in [0.25, 0.3) is 0 Å². The number of cyclic esters (lactones) is 2. The summed E-state index contributed by atoms with van der Waals surface area (Å²) < 4.78 is 11.5. The average molecular weight is 691 g/mol. The van der Waals surface area contributed by atoms with Crippen LogP contribution in [-0.2, 0) is 28.7 Å². The van der Waals surface area contributed by atoms with E-state index in [9.17, 15) is 19.2 Å². The lowest BCUT2D eigenvalue weighted by Gasteiger charge is -2.44. The number of ether oxygens (including phenoxy) is 2. The normalized spacial score (nSPS) is 45.8. The maximum atomic E-state index is 13.3. The van der Waals surface area contributed by atoms with Crippen molar-refractivity contribution in [3.05, 3.63) is 0 Å². The topological polar surface area (TPSA) is 86.7 Å². The molecule has 6 bridgehead atoms. The summed E-state index contributed by atoms with van der Waals surface area (Å²) in [5, 5.41) is 0. The van der Waals surface area contributed by atoms with Crippen LogP contribution in [0.2, 0.25) is 0 Å². The zero-order valence-corrected chi connectivity index (χ0v) is 26.0. The van der Waals surface area contributed by atoms with E-state index < -0.39 is 17.8 Å². The van der Waals surface area contributed by atoms with E-state index in [-0.39, 0.29) is 81.4 Å². The van der Waals surface area contributed by atoms with Crippen LogP contribution in [0, 0.1) is 94.7 Å². The van der Waals surface area contributed by atoms with Crippen LogP contribution in [0.3, 0.4) is 0 Å². The Morgan fingerprint density at radius 1 is 0.816 bits per heavy atom. The van der Waals surface area contributed by atoms with Crippen LogP contribution in [0.4, 0.5) is 0 Å². The van der Waals surface area contributed by atoms with Gasteiger partial charge in [0.15, 0.2) is 0 Å². The zero-order valence-electron chi connectivity index (χ0n) is 26.0. The molecule has 0 radical (unpaired) electrons. The number of hydrogen-bond acceptors (Lipinski definition) is 6. The third-order valence-electron chi connectivity index (χ3n) is 15.3. The molecule has 8 aliphatic rings. The predicted molar refractivity (Wildman–Crippen MR) is 201 cm³/mol. The Balaban J connectivity index is 0.00000171. The molecule has 1 saturated heterocycles. The average Bonchev–Trinajstić information content (AvgIpc) is 3.77. The summed E-state index contributed by atoms with van der Waals surface area (Å²) in [4.78, 5) is 51.7. The Hall–Kier alpha value is -1.72. The van der Waals surface area contributed by atoms with Gasteiger partial charge >= 0.3 is 17.9 Å². The van der Waals surface area contributed by atoms with Crippen molar-refractivity contribution in [3.63, 3.8) is 0 Å². The molecule has 7 aliphatic carbocycles. The number of fused-ring (bicyclic) bond motifs is 14. The molecule has 0 aromatic carbocycles. The van der Waals surface area contributed by atoms with Crippen LogP contribution in [0.15, 0.2) is 0 Å². The van der Waals surface area contributed by atoms with Gasteiger partial charge in [0.1, 0.15) is 11.4 Å². The van der Waals surface area contributed by atoms with Crippen LogP contribution in [-0.4, -0.2) is 29.3 Å². The Bertz CT molecular complexity index is 1190. The Morgan fingerprint density at radius 2 is 1.47 bits per heavy atom. The molecule has 49 heavy (non-hydrogen) atoms. The third kappa shape index (κ3) is 6.60. The van der Waals surface area contributed by atoms with Crippen molar-refractivity contribution in [3.8, 4) is 0 Å². The van der Waals surface area contributed by atoms with E-state index in [1.54, 1.807) is 6.92 Å². The highest BCUT2D eigenvalue weighted by atomic mass is 16.6. The number of esters is 3. The van der Waals surface area contributed by atoms with E-state index in [0.29, 0.717) is 78.3 Å². The molecule has 17 atom stereocenters. The van der Waals surface area contributed by atoms with Gasteiger partial charge in [0.2, 0.25) is 0 Å². The predicted octanol–water partition coefficient (Wildman–Crippen LogP) is 10.7. The van der Waals surface area contributed by atoms with Crippen molar-refractivity contribution >= 4 is 23.7 Å². The summed E-state index contributed by atoms with van der Waals surface area (Å²) in [5.41, 5.74) is -0.344. The lowest BCUT2D eigenvalue weighted by molar-refractivity contribution is -0.171. The molecular formula is C43H78O6. The molecule has 8 fully saturated rings. The lowest BCUT2D eigenvalue weighted by atomic mass is 9.59. The molecule has 0 amide bonds. The Labute approximate surface area is 302 Å². The summed E-state index contributed by atoms with van der Waals surface area (Å²) in [6, 6.07) is 0. The fraction of sp³-hybridized carbons (Fsp3) is 0.907. The highest BCUT2D eigenvalue weighted by Gasteiger charge is 2.67. The standard InChI is InChI=1S/C36H50O6.7CH4/c1-16(33(38)42-36(4)15-20-12-30(36)22-7-5-6-21(20)22)8-9-23-29(35(40)41-34(23)39)13-24-17(2)25-14-28(24)32-27-11-19(31(25)32)10-26(27)18(3)37;;;;;;;/h16-17,19-32H,5-15H2,1-4H3;7*1H4. The van der Waals surface area contributed by atoms with Crippen molar-refractivity contribution < 1.29 is 28.7 Å². The summed E-state index contributed by atoms with van der Waals surface area (Å²) in [6.07, 6.45) is 11.5. The van der Waals surface area contributed by atoms with Crippen molar-refractivity contribution in [1.29, 1.82) is 0 Å². The highest BCUT2D eigenvalue weighted by molar-refractivity contribution is 5.96. The number of hydrogen-bond donors (Lipinski definition) is 0. The molecule has 6 heteroatoms. The van der Waals surface area contributed by atoms with Gasteiger partial charge < -0.3 is 9.47 Å². The third-order valence-corrected chi connectivity index (χ3v) is 15.3. The quantitative estimate of drug-likeness (QED) is 0.143. The molecule has 0 spiro atoms. The molecule has 6 nitrogen and oxygen atoms in total. The first-order valence-electron chi connectivity index (χ1n) is 17.5. The van der Waals surface area contributed by atoms with Crippen LogP contribution >= 0.6 is 0 Å². The van der Waals surface area contributed by atoms with Gasteiger partial charge in [0.05, 0.1) is 17.8 Å². The van der Waals surface area contributed by atoms with E-state index in [4.69, 9.17) is 9.47 Å². The maximum Gasteiger partial charge on any atom is 0.317 e. The molecule has 1 heterocycles. The van der Waals surface area contributed by atoms with Gasteiger partial charge in [-0.3, -0.25) is 19.2 Å². The van der Waals surface area contributed by atoms with Crippen molar-refractivity contribution in [2.24, 2.45) is 94.7 Å². The minimum Gasteiger partial charge on any atom is -0.459 e. The van der Waals surface area contributed by atoms with Crippen LogP contribution < -0.4 is 0 Å². The van der Waals surface area contributed by atoms with E-state index in [1.807, 2.05) is 6.92 Å². The minimum absolute atomic E-state index is 0. The van der Waals surface area contributed by atoms with E-state index in [1.165, 1.54) is 38.5 Å². The van der Waals surface area contributed by atoms with Gasteiger partial charge in [0, 0.05) is 11.8 Å². The smallest absolute Gasteiger partial charge is 0.317 e. The molecule has 0 N–H and O–H groups in total. The number of carbonyl (C=O) groups is 4. The number of rotatable bonds is 8. The number of ketones is 1. The van der Waals surface area contributed by atoms with Crippen molar-refractivity contribution in [2.75, 3.05) is 0 Å². The summed E-state index contributed by atoms with van der Waals surface area (Å²) in [6.45, 7) is 8.24. The first-order chi connectivity index (χ1) is 20.1. The highest BCUT2D eigenvalue weighted by Crippen LogP contribution is 2.72. The molecule has 0 aromatic heterocycles. The van der Waals surface area contributed by atoms with Crippen LogP contribution in [0.1, 0.15) is 150 Å². The zero-order chi connectivity index (χ0) is 29.2. The van der Waals surface area contributed by atoms with E-state index in [2.05, 4.69) is 13.8 Å². The molecule has 17 unspecified atom stereocenters. The second-order valence-electron chi connectivity index (χ2n) is 16.8. The van der Waals surface area contributed by atoms with Gasteiger partial charge in [-0.15, -0.1) is 0 Å². The molecule has 286 valence electrons. The minimum atomic E-state index is -0.461. The fourth-order valence-electron chi connectivity index (χ4n) is 13.7. The molecule has 7 saturated carbocycles. The summed E-state index contributed by atoms with van der Waals surface area (Å²) in [5.74, 6) is 6.16. The van der Waals surface area contributed by atoms with Gasteiger partial charge in [-0.2, -0.15) is 0 Å². The molecular weight excluding hydrogens is 612 g/mol. The van der Waals surface area contributed by atoms with Crippen molar-refractivity contribution in [1.82, 2.24) is 0 Å². The second kappa shape index (κ2) is 15.9. The van der Waals surface area contributed by atoms with Gasteiger partial charge in [0.25, 0.3) is 0 Å².